The van der Waals surface area contributed by atoms with Crippen molar-refractivity contribution in [3.63, 3.8) is 0 Å². The number of carboxylic acid groups (broad SMARTS) is 1. The zero-order valence-corrected chi connectivity index (χ0v) is 13.5. The van der Waals surface area contributed by atoms with Crippen LogP contribution in [-0.2, 0) is 9.53 Å². The highest BCUT2D eigenvalue weighted by Crippen LogP contribution is 2.27. The molecule has 1 amide bonds. The lowest BCUT2D eigenvalue weighted by Crippen LogP contribution is -2.57. The van der Waals surface area contributed by atoms with Gasteiger partial charge in [-0.25, -0.2) is 4.79 Å². The third kappa shape index (κ3) is 3.13. The van der Waals surface area contributed by atoms with Crippen LogP contribution in [0.4, 0.5) is 0 Å². The molecule has 0 aliphatic carbocycles. The van der Waals surface area contributed by atoms with Crippen LogP contribution in [-0.4, -0.2) is 45.9 Å². The number of aromatic nitrogens is 2. The lowest BCUT2D eigenvalue weighted by atomic mass is 9.90. The van der Waals surface area contributed by atoms with Crippen molar-refractivity contribution in [1.29, 1.82) is 0 Å². The summed E-state index contributed by atoms with van der Waals surface area (Å²) >= 11 is 6.12. The number of aliphatic carboxylic acids is 1. The number of carbonyl (C=O) groups is 2. The van der Waals surface area contributed by atoms with Gasteiger partial charge in [0.25, 0.3) is 5.91 Å². The van der Waals surface area contributed by atoms with Crippen LogP contribution in [0.5, 0.6) is 0 Å². The maximum absolute atomic E-state index is 12.4. The van der Waals surface area contributed by atoms with Gasteiger partial charge >= 0.3 is 5.97 Å². The summed E-state index contributed by atoms with van der Waals surface area (Å²) in [5.41, 5.74) is 0.0676. The molecule has 0 radical (unpaired) electrons. The largest absolute Gasteiger partial charge is 0.480 e. The fourth-order valence-electron chi connectivity index (χ4n) is 2.64. The summed E-state index contributed by atoms with van der Waals surface area (Å²) in [5.74, 6) is -1.59. The minimum Gasteiger partial charge on any atom is -0.480 e. The summed E-state index contributed by atoms with van der Waals surface area (Å²) in [6.45, 7) is 0.584. The summed E-state index contributed by atoms with van der Waals surface area (Å²) < 4.78 is 5.19. The number of amides is 1. The van der Waals surface area contributed by atoms with Gasteiger partial charge in [-0.3, -0.25) is 9.89 Å². The molecule has 0 atom stereocenters. The highest BCUT2D eigenvalue weighted by Gasteiger charge is 2.42. The first kappa shape index (κ1) is 16.5. The number of nitrogens with one attached hydrogen (secondary N) is 2. The molecular weight excluding hydrogens is 334 g/mol. The van der Waals surface area contributed by atoms with E-state index in [2.05, 4.69) is 15.5 Å². The zero-order valence-electron chi connectivity index (χ0n) is 12.7. The Balaban J connectivity index is 1.81. The quantitative estimate of drug-likeness (QED) is 0.784. The molecule has 1 aromatic heterocycles. The van der Waals surface area contributed by atoms with Crippen LogP contribution in [0.25, 0.3) is 11.3 Å². The highest BCUT2D eigenvalue weighted by atomic mass is 35.5. The molecule has 1 aliphatic rings. The lowest BCUT2D eigenvalue weighted by molar-refractivity contribution is -0.148. The maximum atomic E-state index is 12.4. The Bertz CT molecular complexity index is 768. The van der Waals surface area contributed by atoms with E-state index in [1.165, 1.54) is 0 Å². The van der Waals surface area contributed by atoms with Gasteiger partial charge in [0, 0.05) is 31.6 Å². The molecule has 7 nitrogen and oxygen atoms in total. The molecule has 3 rings (SSSR count). The van der Waals surface area contributed by atoms with Crippen LogP contribution in [0.15, 0.2) is 30.3 Å². The van der Waals surface area contributed by atoms with E-state index in [4.69, 9.17) is 16.3 Å². The van der Waals surface area contributed by atoms with E-state index < -0.39 is 17.4 Å². The molecule has 24 heavy (non-hydrogen) atoms. The van der Waals surface area contributed by atoms with Gasteiger partial charge in [-0.1, -0.05) is 29.8 Å². The molecule has 8 heteroatoms. The number of rotatable bonds is 4. The van der Waals surface area contributed by atoms with Crippen LogP contribution in [0.3, 0.4) is 0 Å². The third-order valence-corrected chi connectivity index (χ3v) is 4.41. The fraction of sp³-hybridized carbons (Fsp3) is 0.312. The van der Waals surface area contributed by atoms with Crippen molar-refractivity contribution in [1.82, 2.24) is 15.5 Å². The number of carboxylic acids is 1. The van der Waals surface area contributed by atoms with Gasteiger partial charge in [0.05, 0.1) is 10.7 Å². The summed E-state index contributed by atoms with van der Waals surface area (Å²) in [4.78, 5) is 24.0. The summed E-state index contributed by atoms with van der Waals surface area (Å²) in [5, 5.41) is 19.3. The second-order valence-electron chi connectivity index (χ2n) is 5.60. The molecule has 2 heterocycles. The van der Waals surface area contributed by atoms with Crippen molar-refractivity contribution in [2.75, 3.05) is 13.2 Å². The zero-order chi connectivity index (χ0) is 17.2. The first-order valence-electron chi connectivity index (χ1n) is 7.46. The van der Waals surface area contributed by atoms with E-state index in [1.807, 2.05) is 6.07 Å². The predicted molar refractivity (Wildman–Crippen MR) is 86.9 cm³/mol. The number of H-pyrrole nitrogens is 1. The molecule has 0 spiro atoms. The van der Waals surface area contributed by atoms with Crippen molar-refractivity contribution in [2.24, 2.45) is 0 Å². The number of hydrogen-bond acceptors (Lipinski definition) is 4. The van der Waals surface area contributed by atoms with Gasteiger partial charge in [-0.2, -0.15) is 5.10 Å². The van der Waals surface area contributed by atoms with E-state index >= 15 is 0 Å². The molecule has 1 fully saturated rings. The number of ether oxygens (including phenoxy) is 1. The first-order valence-corrected chi connectivity index (χ1v) is 7.84. The average Bonchev–Trinajstić information content (AvgIpc) is 3.06. The molecule has 1 aromatic carbocycles. The van der Waals surface area contributed by atoms with Gasteiger partial charge in [-0.15, -0.1) is 0 Å². The smallest absolute Gasteiger partial charge is 0.329 e. The Morgan fingerprint density at radius 3 is 2.67 bits per heavy atom. The van der Waals surface area contributed by atoms with E-state index in [-0.39, 0.29) is 18.5 Å². The minimum atomic E-state index is -1.31. The van der Waals surface area contributed by atoms with E-state index in [1.54, 1.807) is 24.3 Å². The van der Waals surface area contributed by atoms with Crippen molar-refractivity contribution < 1.29 is 19.4 Å². The molecule has 1 aliphatic heterocycles. The summed E-state index contributed by atoms with van der Waals surface area (Å²) in [7, 11) is 0. The number of hydrogen-bond donors (Lipinski definition) is 3. The third-order valence-electron chi connectivity index (χ3n) is 4.08. The SMILES string of the molecule is O=C(NC1(C(=O)O)CCOCC1)c1cc(-c2ccccc2Cl)n[nH]1. The first-order chi connectivity index (χ1) is 11.5. The molecule has 126 valence electrons. The Morgan fingerprint density at radius 1 is 1.29 bits per heavy atom. The van der Waals surface area contributed by atoms with Crippen LogP contribution >= 0.6 is 11.6 Å². The molecule has 0 saturated carbocycles. The summed E-state index contributed by atoms with van der Waals surface area (Å²) in [6, 6.07) is 8.68. The van der Waals surface area contributed by atoms with E-state index in [9.17, 15) is 14.7 Å². The second kappa shape index (κ2) is 6.62. The van der Waals surface area contributed by atoms with Crippen molar-refractivity contribution >= 4 is 23.5 Å². The van der Waals surface area contributed by atoms with Crippen LogP contribution in [0.2, 0.25) is 5.02 Å². The lowest BCUT2D eigenvalue weighted by Gasteiger charge is -2.33. The van der Waals surface area contributed by atoms with Crippen molar-refractivity contribution in [3.8, 4) is 11.3 Å². The van der Waals surface area contributed by atoms with Gasteiger partial charge in [0.1, 0.15) is 11.2 Å². The molecule has 3 N–H and O–H groups in total. The molecule has 0 bridgehead atoms. The summed E-state index contributed by atoms with van der Waals surface area (Å²) in [6.07, 6.45) is 0.444. The van der Waals surface area contributed by atoms with Crippen molar-refractivity contribution in [2.45, 2.75) is 18.4 Å². The van der Waals surface area contributed by atoms with Crippen LogP contribution in [0, 0.1) is 0 Å². The minimum absolute atomic E-state index is 0.178. The van der Waals surface area contributed by atoms with Gasteiger partial charge in [0.2, 0.25) is 0 Å². The molecule has 2 aromatic rings. The van der Waals surface area contributed by atoms with Gasteiger partial charge in [-0.05, 0) is 12.1 Å². The Morgan fingerprint density at radius 2 is 2.00 bits per heavy atom. The maximum Gasteiger partial charge on any atom is 0.329 e. The van der Waals surface area contributed by atoms with Gasteiger partial charge in [0.15, 0.2) is 0 Å². The number of benzene rings is 1. The number of aromatic amines is 1. The van der Waals surface area contributed by atoms with Crippen molar-refractivity contribution in [3.05, 3.63) is 41.0 Å². The predicted octanol–water partition coefficient (Wildman–Crippen LogP) is 2.09. The average molecular weight is 350 g/mol. The van der Waals surface area contributed by atoms with Crippen LogP contribution in [0.1, 0.15) is 23.3 Å². The Kier molecular flexibility index (Phi) is 4.55. The number of halogens is 1. The van der Waals surface area contributed by atoms with E-state index in [0.29, 0.717) is 29.5 Å². The fourth-order valence-corrected chi connectivity index (χ4v) is 2.87. The molecule has 1 saturated heterocycles. The Hall–Kier alpha value is -2.38. The topological polar surface area (TPSA) is 104 Å². The van der Waals surface area contributed by atoms with E-state index in [0.717, 1.165) is 0 Å². The van der Waals surface area contributed by atoms with Gasteiger partial charge < -0.3 is 15.2 Å². The number of carbonyl (C=O) groups excluding carboxylic acids is 1. The number of nitrogens with zero attached hydrogens (tertiary/aromatic N) is 1. The van der Waals surface area contributed by atoms with Crippen LogP contribution < -0.4 is 5.32 Å². The second-order valence-corrected chi connectivity index (χ2v) is 6.01. The highest BCUT2D eigenvalue weighted by molar-refractivity contribution is 6.33. The normalized spacial score (nSPS) is 16.5. The molecular formula is C16H16ClN3O4. The standard InChI is InChI=1S/C16H16ClN3O4/c17-11-4-2-1-3-10(11)12-9-13(20-19-12)14(21)18-16(15(22)23)5-7-24-8-6-16/h1-4,9H,5-8H2,(H,18,21)(H,19,20)(H,22,23). The molecule has 0 unspecified atom stereocenters. The monoisotopic (exact) mass is 349 g/mol. The Labute approximate surface area is 143 Å².